The van der Waals surface area contributed by atoms with E-state index >= 15 is 0 Å². The number of halogens is 1. The van der Waals surface area contributed by atoms with Crippen molar-refractivity contribution in [3.8, 4) is 0 Å². The number of amides is 1. The first-order valence-corrected chi connectivity index (χ1v) is 7.64. The summed E-state index contributed by atoms with van der Waals surface area (Å²) in [5.41, 5.74) is 2.70. The second-order valence-electron chi connectivity index (χ2n) is 4.70. The number of aryl methyl sites for hydroxylation is 3. The molecule has 1 heterocycles. The van der Waals surface area contributed by atoms with Gasteiger partial charge in [0.1, 0.15) is 0 Å². The minimum atomic E-state index is 0.000759. The second kappa shape index (κ2) is 6.37. The number of carbonyl (C=O) groups excluding carboxylic acids is 1. The third-order valence-corrected chi connectivity index (χ3v) is 4.66. The molecule has 106 valence electrons. The van der Waals surface area contributed by atoms with E-state index in [9.17, 15) is 4.79 Å². The van der Waals surface area contributed by atoms with Gasteiger partial charge in [-0.15, -0.1) is 11.3 Å². The lowest BCUT2D eigenvalue weighted by atomic mass is 10.2. The highest BCUT2D eigenvalue weighted by Crippen LogP contribution is 2.23. The molecule has 0 bridgehead atoms. The van der Waals surface area contributed by atoms with Crippen LogP contribution >= 0.6 is 22.9 Å². The van der Waals surface area contributed by atoms with Crippen molar-refractivity contribution in [2.45, 2.75) is 33.6 Å². The molecule has 0 radical (unpaired) electrons. The summed E-state index contributed by atoms with van der Waals surface area (Å²) in [6.45, 7) is 5.86. The van der Waals surface area contributed by atoms with E-state index in [0.717, 1.165) is 28.4 Å². The van der Waals surface area contributed by atoms with Crippen molar-refractivity contribution in [2.75, 3.05) is 5.32 Å². The van der Waals surface area contributed by atoms with Crippen molar-refractivity contribution >= 4 is 34.5 Å². The SMILES string of the molecule is Cc1nc(C)c(CCC(=O)Nc2cccc(Cl)c2C)s1. The summed E-state index contributed by atoms with van der Waals surface area (Å²) in [7, 11) is 0. The van der Waals surface area contributed by atoms with Gasteiger partial charge in [0.25, 0.3) is 0 Å². The molecule has 2 aromatic rings. The van der Waals surface area contributed by atoms with Crippen molar-refractivity contribution in [2.24, 2.45) is 0 Å². The Balaban J connectivity index is 1.96. The number of hydrogen-bond donors (Lipinski definition) is 1. The van der Waals surface area contributed by atoms with E-state index < -0.39 is 0 Å². The van der Waals surface area contributed by atoms with E-state index in [1.165, 1.54) is 4.88 Å². The number of carbonyl (C=O) groups is 1. The predicted octanol–water partition coefficient (Wildman–Crippen LogP) is 4.29. The van der Waals surface area contributed by atoms with Gasteiger partial charge in [0.15, 0.2) is 0 Å². The number of hydrogen-bond acceptors (Lipinski definition) is 3. The zero-order chi connectivity index (χ0) is 14.7. The molecule has 1 N–H and O–H groups in total. The zero-order valence-corrected chi connectivity index (χ0v) is 13.4. The maximum atomic E-state index is 12.0. The molecule has 2 rings (SSSR count). The Bertz CT molecular complexity index is 637. The number of rotatable bonds is 4. The van der Waals surface area contributed by atoms with Gasteiger partial charge in [-0.3, -0.25) is 4.79 Å². The maximum absolute atomic E-state index is 12.0. The summed E-state index contributed by atoms with van der Waals surface area (Å²) in [4.78, 5) is 17.5. The Morgan fingerprint density at radius 2 is 2.10 bits per heavy atom. The maximum Gasteiger partial charge on any atom is 0.224 e. The Morgan fingerprint density at radius 1 is 1.35 bits per heavy atom. The molecule has 3 nitrogen and oxygen atoms in total. The molecule has 0 spiro atoms. The van der Waals surface area contributed by atoms with Crippen LogP contribution in [0.5, 0.6) is 0 Å². The Kier molecular flexibility index (Phi) is 4.78. The fourth-order valence-electron chi connectivity index (χ4n) is 1.99. The summed E-state index contributed by atoms with van der Waals surface area (Å²) in [5, 5.41) is 4.62. The van der Waals surface area contributed by atoms with Gasteiger partial charge in [-0.1, -0.05) is 17.7 Å². The number of aromatic nitrogens is 1. The van der Waals surface area contributed by atoms with E-state index in [1.54, 1.807) is 11.3 Å². The van der Waals surface area contributed by atoms with Gasteiger partial charge in [0, 0.05) is 22.0 Å². The molecule has 1 aromatic carbocycles. The number of benzene rings is 1. The highest BCUT2D eigenvalue weighted by Gasteiger charge is 2.10. The topological polar surface area (TPSA) is 42.0 Å². The number of thiazole rings is 1. The quantitative estimate of drug-likeness (QED) is 0.915. The van der Waals surface area contributed by atoms with E-state index in [-0.39, 0.29) is 5.91 Å². The fourth-order valence-corrected chi connectivity index (χ4v) is 3.10. The van der Waals surface area contributed by atoms with E-state index in [2.05, 4.69) is 10.3 Å². The van der Waals surface area contributed by atoms with E-state index in [1.807, 2.05) is 39.0 Å². The van der Waals surface area contributed by atoms with Crippen LogP contribution in [0, 0.1) is 20.8 Å². The zero-order valence-electron chi connectivity index (χ0n) is 11.8. The molecule has 0 atom stereocenters. The summed E-state index contributed by atoms with van der Waals surface area (Å²) in [6.07, 6.45) is 1.18. The second-order valence-corrected chi connectivity index (χ2v) is 6.40. The van der Waals surface area contributed by atoms with E-state index in [0.29, 0.717) is 11.4 Å². The normalized spacial score (nSPS) is 10.6. The molecular formula is C15H17ClN2OS. The fraction of sp³-hybridized carbons (Fsp3) is 0.333. The first kappa shape index (κ1) is 15.0. The molecular weight excluding hydrogens is 292 g/mol. The van der Waals surface area contributed by atoms with Crippen molar-refractivity contribution in [3.05, 3.63) is 44.4 Å². The van der Waals surface area contributed by atoms with Crippen molar-refractivity contribution in [3.63, 3.8) is 0 Å². The van der Waals surface area contributed by atoms with Crippen LogP contribution in [-0.4, -0.2) is 10.9 Å². The molecule has 0 saturated heterocycles. The molecule has 1 amide bonds. The molecule has 0 aliphatic rings. The summed E-state index contributed by atoms with van der Waals surface area (Å²) in [6, 6.07) is 5.51. The lowest BCUT2D eigenvalue weighted by Crippen LogP contribution is -2.13. The van der Waals surface area contributed by atoms with Gasteiger partial charge >= 0.3 is 0 Å². The van der Waals surface area contributed by atoms with Crippen molar-refractivity contribution in [1.29, 1.82) is 0 Å². The van der Waals surface area contributed by atoms with E-state index in [4.69, 9.17) is 11.6 Å². The molecule has 0 aliphatic heterocycles. The van der Waals surface area contributed by atoms with Crippen LogP contribution in [-0.2, 0) is 11.2 Å². The molecule has 20 heavy (non-hydrogen) atoms. The molecule has 0 unspecified atom stereocenters. The molecule has 0 saturated carbocycles. The van der Waals surface area contributed by atoms with Crippen LogP contribution in [0.15, 0.2) is 18.2 Å². The van der Waals surface area contributed by atoms with Gasteiger partial charge in [-0.05, 0) is 44.9 Å². The molecule has 0 aliphatic carbocycles. The number of nitrogens with zero attached hydrogens (tertiary/aromatic N) is 1. The van der Waals surface area contributed by atoms with Crippen LogP contribution in [0.25, 0.3) is 0 Å². The summed E-state index contributed by atoms with van der Waals surface area (Å²) in [5.74, 6) is 0.000759. The van der Waals surface area contributed by atoms with Crippen LogP contribution < -0.4 is 5.32 Å². The molecule has 1 aromatic heterocycles. The first-order valence-electron chi connectivity index (χ1n) is 6.45. The Labute approximate surface area is 128 Å². The third-order valence-electron chi connectivity index (χ3n) is 3.12. The van der Waals surface area contributed by atoms with Gasteiger partial charge < -0.3 is 5.32 Å². The lowest BCUT2D eigenvalue weighted by Gasteiger charge is -2.09. The Morgan fingerprint density at radius 3 is 2.75 bits per heavy atom. The monoisotopic (exact) mass is 308 g/mol. The number of anilines is 1. The average molecular weight is 309 g/mol. The average Bonchev–Trinajstić information content (AvgIpc) is 2.71. The van der Waals surface area contributed by atoms with Gasteiger partial charge in [0.2, 0.25) is 5.91 Å². The third kappa shape index (κ3) is 3.58. The highest BCUT2D eigenvalue weighted by atomic mass is 35.5. The molecule has 0 fully saturated rings. The minimum Gasteiger partial charge on any atom is -0.326 e. The summed E-state index contributed by atoms with van der Waals surface area (Å²) < 4.78 is 0. The summed E-state index contributed by atoms with van der Waals surface area (Å²) >= 11 is 7.69. The van der Waals surface area contributed by atoms with Crippen molar-refractivity contribution < 1.29 is 4.79 Å². The standard InChI is InChI=1S/C15H17ClN2OS/c1-9-12(16)5-4-6-13(9)18-15(19)8-7-14-10(2)17-11(3)20-14/h4-6H,7-8H2,1-3H3,(H,18,19). The largest absolute Gasteiger partial charge is 0.326 e. The highest BCUT2D eigenvalue weighted by molar-refractivity contribution is 7.11. The Hall–Kier alpha value is -1.39. The van der Waals surface area contributed by atoms with Crippen LogP contribution in [0.4, 0.5) is 5.69 Å². The minimum absolute atomic E-state index is 0.000759. The van der Waals surface area contributed by atoms with Gasteiger partial charge in [-0.25, -0.2) is 4.98 Å². The predicted molar refractivity (Wildman–Crippen MR) is 84.7 cm³/mol. The molecule has 5 heteroatoms. The van der Waals surface area contributed by atoms with Gasteiger partial charge in [-0.2, -0.15) is 0 Å². The van der Waals surface area contributed by atoms with Crippen LogP contribution in [0.3, 0.4) is 0 Å². The van der Waals surface area contributed by atoms with Crippen molar-refractivity contribution in [1.82, 2.24) is 4.98 Å². The number of nitrogens with one attached hydrogen (secondary N) is 1. The first-order chi connectivity index (χ1) is 9.47. The van der Waals surface area contributed by atoms with Crippen LogP contribution in [0.2, 0.25) is 5.02 Å². The smallest absolute Gasteiger partial charge is 0.224 e. The van der Waals surface area contributed by atoms with Gasteiger partial charge in [0.05, 0.1) is 10.7 Å². The lowest BCUT2D eigenvalue weighted by molar-refractivity contribution is -0.116. The van der Waals surface area contributed by atoms with Crippen LogP contribution in [0.1, 0.15) is 27.6 Å².